The highest BCUT2D eigenvalue weighted by molar-refractivity contribution is 8.23. The summed E-state index contributed by atoms with van der Waals surface area (Å²) in [7, 11) is 0. The van der Waals surface area contributed by atoms with E-state index in [0.29, 0.717) is 0 Å². The van der Waals surface area contributed by atoms with Crippen LogP contribution in [0.2, 0.25) is 0 Å². The van der Waals surface area contributed by atoms with Crippen molar-refractivity contribution in [2.45, 2.75) is 17.9 Å². The third-order valence-corrected chi connectivity index (χ3v) is 3.68. The topological polar surface area (TPSA) is 37.3 Å². The maximum absolute atomic E-state index is 9.62. The van der Waals surface area contributed by atoms with Crippen LogP contribution in [0.1, 0.15) is 18.1 Å². The van der Waals surface area contributed by atoms with Crippen molar-refractivity contribution in [3.05, 3.63) is 35.4 Å². The van der Waals surface area contributed by atoms with Crippen LogP contribution in [0.25, 0.3) is 0 Å². The zero-order valence-electron chi connectivity index (χ0n) is 8.71. The van der Waals surface area contributed by atoms with Gasteiger partial charge in [0.15, 0.2) is 0 Å². The van der Waals surface area contributed by atoms with Gasteiger partial charge in [0.05, 0.1) is 9.45 Å². The fraction of sp³-hybridized carbons (Fsp3) is 0.273. The lowest BCUT2D eigenvalue weighted by atomic mass is 10.1. The number of hydrogen-bond donors (Lipinski definition) is 2. The molecule has 0 aliphatic carbocycles. The molecular formula is C11H12O2S3. The maximum Gasteiger partial charge on any atom is 0.316 e. The molecule has 5 heteroatoms. The van der Waals surface area contributed by atoms with E-state index in [1.54, 1.807) is 11.8 Å². The van der Waals surface area contributed by atoms with E-state index in [4.69, 9.17) is 17.3 Å². The fourth-order valence-electron chi connectivity index (χ4n) is 1.02. The summed E-state index contributed by atoms with van der Waals surface area (Å²) in [4.78, 5) is 9.62. The van der Waals surface area contributed by atoms with Crippen LogP contribution in [0.3, 0.4) is 0 Å². The Morgan fingerprint density at radius 2 is 2.25 bits per heavy atom. The zero-order valence-corrected chi connectivity index (χ0v) is 11.2. The van der Waals surface area contributed by atoms with Crippen molar-refractivity contribution >= 4 is 46.8 Å². The van der Waals surface area contributed by atoms with Crippen LogP contribution in [0, 0.1) is 0 Å². The number of benzene rings is 1. The molecule has 0 amide bonds. The Morgan fingerprint density at radius 1 is 1.62 bits per heavy atom. The van der Waals surface area contributed by atoms with Crippen LogP contribution < -0.4 is 0 Å². The number of thiocarbonyl (C=S) groups is 1. The maximum atomic E-state index is 9.62. The molecule has 0 saturated carbocycles. The van der Waals surface area contributed by atoms with E-state index >= 15 is 0 Å². The third kappa shape index (κ3) is 4.15. The Hall–Kier alpha value is -0.520. The van der Waals surface area contributed by atoms with Crippen LogP contribution in [-0.4, -0.2) is 20.5 Å². The molecule has 0 aromatic heterocycles. The number of rotatable bonds is 1. The molecule has 1 aromatic carbocycles. The lowest BCUT2D eigenvalue weighted by molar-refractivity contribution is -0.136. The number of thiol groups is 1. The smallest absolute Gasteiger partial charge is 0.316 e. The van der Waals surface area contributed by atoms with E-state index in [1.165, 1.54) is 18.1 Å². The van der Waals surface area contributed by atoms with Gasteiger partial charge in [-0.25, -0.2) is 0 Å². The van der Waals surface area contributed by atoms with Gasteiger partial charge in [-0.1, -0.05) is 30.4 Å². The predicted octanol–water partition coefficient (Wildman–Crippen LogP) is 3.00. The summed E-state index contributed by atoms with van der Waals surface area (Å²) < 4.78 is 1.04. The largest absolute Gasteiger partial charge is 0.480 e. The molecule has 1 atom stereocenters. The van der Waals surface area contributed by atoms with E-state index in [0.717, 1.165) is 9.95 Å². The number of carboxylic acids is 1. The standard InChI is InChI=1S/C8H6S2.C3H6O2S/c9-8-7-3-1-2-6(4-7)5-10-8;1-2(6)3(4)5/h1-4H,5H2;2,6H,1H3,(H,4,5). The van der Waals surface area contributed by atoms with E-state index in [9.17, 15) is 4.79 Å². The van der Waals surface area contributed by atoms with Crippen molar-refractivity contribution in [2.75, 3.05) is 0 Å². The van der Waals surface area contributed by atoms with Gasteiger partial charge in [-0.15, -0.1) is 11.8 Å². The van der Waals surface area contributed by atoms with Gasteiger partial charge >= 0.3 is 5.97 Å². The van der Waals surface area contributed by atoms with Crippen molar-refractivity contribution < 1.29 is 9.90 Å². The number of carbonyl (C=O) groups is 1. The molecule has 0 saturated heterocycles. The van der Waals surface area contributed by atoms with Crippen LogP contribution in [0.5, 0.6) is 0 Å². The lowest BCUT2D eigenvalue weighted by Crippen LogP contribution is -2.06. The lowest BCUT2D eigenvalue weighted by Gasteiger charge is -2.11. The summed E-state index contributed by atoms with van der Waals surface area (Å²) in [6.45, 7) is 1.51. The Bertz CT molecular complexity index is 402. The molecule has 1 unspecified atom stereocenters. The summed E-state index contributed by atoms with van der Waals surface area (Å²) in [5.74, 6) is 0.172. The minimum Gasteiger partial charge on any atom is -0.480 e. The average Bonchev–Trinajstić information content (AvgIpc) is 2.25. The molecule has 1 aliphatic heterocycles. The number of thioether (sulfide) groups is 1. The third-order valence-electron chi connectivity index (χ3n) is 1.89. The Labute approximate surface area is 110 Å². The number of aliphatic carboxylic acids is 1. The van der Waals surface area contributed by atoms with E-state index in [1.807, 2.05) is 0 Å². The second-order valence-electron chi connectivity index (χ2n) is 3.29. The van der Waals surface area contributed by atoms with Gasteiger partial charge in [-0.2, -0.15) is 12.6 Å². The van der Waals surface area contributed by atoms with Crippen molar-refractivity contribution in [3.63, 3.8) is 0 Å². The average molecular weight is 272 g/mol. The number of hydrogen-bond acceptors (Lipinski definition) is 4. The van der Waals surface area contributed by atoms with Crippen molar-refractivity contribution in [3.8, 4) is 0 Å². The monoisotopic (exact) mass is 272 g/mol. The van der Waals surface area contributed by atoms with Gasteiger partial charge in [0.1, 0.15) is 0 Å². The molecule has 1 aromatic rings. The molecule has 2 bridgehead atoms. The SMILES string of the molecule is CC(S)C(=O)O.S=C1SCc2cccc1c2. The second-order valence-corrected chi connectivity index (χ2v) is 5.72. The fourth-order valence-corrected chi connectivity index (χ4v) is 2.09. The van der Waals surface area contributed by atoms with Gasteiger partial charge in [0, 0.05) is 5.75 Å². The minimum absolute atomic E-state index is 0.537. The second kappa shape index (κ2) is 6.27. The molecule has 0 radical (unpaired) electrons. The van der Waals surface area contributed by atoms with Crippen molar-refractivity contribution in [1.82, 2.24) is 0 Å². The highest BCUT2D eigenvalue weighted by Crippen LogP contribution is 2.25. The predicted molar refractivity (Wildman–Crippen MR) is 75.5 cm³/mol. The van der Waals surface area contributed by atoms with Gasteiger partial charge in [0.25, 0.3) is 0 Å². The highest BCUT2D eigenvalue weighted by atomic mass is 32.2. The van der Waals surface area contributed by atoms with E-state index in [-0.39, 0.29) is 0 Å². The first kappa shape index (κ1) is 13.5. The first-order chi connectivity index (χ1) is 7.50. The summed E-state index contributed by atoms with van der Waals surface area (Å²) in [6.07, 6.45) is 0. The molecular weight excluding hydrogens is 260 g/mol. The molecule has 0 spiro atoms. The molecule has 86 valence electrons. The summed E-state index contributed by atoms with van der Waals surface area (Å²) in [6, 6.07) is 8.44. The van der Waals surface area contributed by atoms with Crippen LogP contribution >= 0.6 is 36.6 Å². The van der Waals surface area contributed by atoms with Gasteiger partial charge in [-0.3, -0.25) is 4.79 Å². The summed E-state index contributed by atoms with van der Waals surface area (Å²) >= 11 is 10.5. The Kier molecular flexibility index (Phi) is 5.31. The minimum atomic E-state index is -0.877. The molecule has 1 heterocycles. The van der Waals surface area contributed by atoms with E-state index in [2.05, 4.69) is 36.9 Å². The summed E-state index contributed by atoms with van der Waals surface area (Å²) in [5, 5.41) is 7.38. The first-order valence-electron chi connectivity index (χ1n) is 4.67. The van der Waals surface area contributed by atoms with Gasteiger partial charge < -0.3 is 5.11 Å². The number of fused-ring (bicyclic) bond motifs is 2. The quantitative estimate of drug-likeness (QED) is 0.609. The zero-order chi connectivity index (χ0) is 12.1. The first-order valence-corrected chi connectivity index (χ1v) is 6.58. The molecule has 2 rings (SSSR count). The molecule has 1 N–H and O–H groups in total. The Morgan fingerprint density at radius 3 is 2.75 bits per heavy atom. The van der Waals surface area contributed by atoms with Crippen molar-refractivity contribution in [2.24, 2.45) is 0 Å². The summed E-state index contributed by atoms with van der Waals surface area (Å²) in [5.41, 5.74) is 2.60. The Balaban J connectivity index is 0.000000187. The molecule has 1 aliphatic rings. The van der Waals surface area contributed by atoms with Crippen LogP contribution in [0.4, 0.5) is 0 Å². The molecule has 0 fully saturated rings. The normalized spacial score (nSPS) is 14.8. The van der Waals surface area contributed by atoms with Gasteiger partial charge in [0.2, 0.25) is 0 Å². The van der Waals surface area contributed by atoms with Crippen molar-refractivity contribution in [1.29, 1.82) is 0 Å². The van der Waals surface area contributed by atoms with E-state index < -0.39 is 11.2 Å². The number of carboxylic acid groups (broad SMARTS) is 1. The molecule has 2 nitrogen and oxygen atoms in total. The van der Waals surface area contributed by atoms with Crippen LogP contribution in [-0.2, 0) is 10.5 Å². The molecule has 16 heavy (non-hydrogen) atoms. The van der Waals surface area contributed by atoms with Gasteiger partial charge in [-0.05, 0) is 24.1 Å². The highest BCUT2D eigenvalue weighted by Gasteiger charge is 2.08. The van der Waals surface area contributed by atoms with Crippen LogP contribution in [0.15, 0.2) is 24.3 Å².